The maximum absolute atomic E-state index is 12.0. The summed E-state index contributed by atoms with van der Waals surface area (Å²) in [5, 5.41) is 14.9. The highest BCUT2D eigenvalue weighted by Gasteiger charge is 2.19. The Kier molecular flexibility index (Phi) is 5.28. The average Bonchev–Trinajstić information content (AvgIpc) is 3.22. The Labute approximate surface area is 167 Å². The van der Waals surface area contributed by atoms with Crippen LogP contribution in [-0.4, -0.2) is 5.11 Å². The Morgan fingerprint density at radius 3 is 2.64 bits per heavy atom. The minimum atomic E-state index is -0.401. The van der Waals surface area contributed by atoms with Gasteiger partial charge in [-0.1, -0.05) is 37.3 Å². The third-order valence-corrected chi connectivity index (χ3v) is 5.94. The van der Waals surface area contributed by atoms with E-state index in [0.29, 0.717) is 12.1 Å². The number of phenolic OH excluding ortho intramolecular Hbond substituents is 1. The lowest BCUT2D eigenvalue weighted by molar-refractivity contribution is -0.701. The zero-order valence-electron chi connectivity index (χ0n) is 15.6. The predicted molar refractivity (Wildman–Crippen MR) is 112 cm³/mol. The first kappa shape index (κ1) is 18.5. The topological polar surface area (TPSA) is 67.0 Å². The predicted octanol–water partition coefficient (Wildman–Crippen LogP) is 3.98. The lowest BCUT2D eigenvalue weighted by atomic mass is 10.0. The fraction of sp³-hybridized carbons (Fsp3) is 0.174. The molecule has 1 atom stereocenters. The van der Waals surface area contributed by atoms with E-state index in [1.807, 2.05) is 0 Å². The molecule has 2 heterocycles. The molecule has 0 unspecified atom stereocenters. The second-order valence-electron chi connectivity index (χ2n) is 6.80. The molecule has 2 aromatic carbocycles. The summed E-state index contributed by atoms with van der Waals surface area (Å²) in [5.41, 5.74) is 3.47. The number of hydrogen-bond acceptors (Lipinski definition) is 4. The van der Waals surface area contributed by atoms with Gasteiger partial charge in [0.2, 0.25) is 0 Å². The van der Waals surface area contributed by atoms with Gasteiger partial charge in [0.05, 0.1) is 4.88 Å². The van der Waals surface area contributed by atoms with Crippen LogP contribution in [0.25, 0.3) is 11.0 Å². The summed E-state index contributed by atoms with van der Waals surface area (Å²) in [7, 11) is 0. The van der Waals surface area contributed by atoms with Crippen molar-refractivity contribution in [2.24, 2.45) is 0 Å². The number of thiophene rings is 1. The van der Waals surface area contributed by atoms with Gasteiger partial charge in [-0.15, -0.1) is 11.3 Å². The van der Waals surface area contributed by atoms with E-state index in [9.17, 15) is 9.90 Å². The van der Waals surface area contributed by atoms with Crippen LogP contribution in [-0.2, 0) is 13.0 Å². The van der Waals surface area contributed by atoms with Gasteiger partial charge < -0.3 is 14.8 Å². The van der Waals surface area contributed by atoms with Crippen molar-refractivity contribution in [3.8, 4) is 5.75 Å². The molecule has 0 fully saturated rings. The van der Waals surface area contributed by atoms with Crippen molar-refractivity contribution in [3.63, 3.8) is 0 Å². The molecule has 0 amide bonds. The van der Waals surface area contributed by atoms with Crippen LogP contribution in [0.5, 0.6) is 5.75 Å². The number of rotatable bonds is 6. The molecule has 28 heavy (non-hydrogen) atoms. The molecule has 0 radical (unpaired) electrons. The van der Waals surface area contributed by atoms with Gasteiger partial charge in [-0.25, -0.2) is 4.79 Å². The Morgan fingerprint density at radius 1 is 1.11 bits per heavy atom. The molecule has 142 valence electrons. The Morgan fingerprint density at radius 2 is 1.93 bits per heavy atom. The summed E-state index contributed by atoms with van der Waals surface area (Å²) in [6.07, 6.45) is 1.02. The van der Waals surface area contributed by atoms with Gasteiger partial charge in [0.15, 0.2) is 0 Å². The second-order valence-corrected chi connectivity index (χ2v) is 7.78. The molecular weight excluding hydrogens is 370 g/mol. The lowest BCUT2D eigenvalue weighted by Crippen LogP contribution is -2.83. The van der Waals surface area contributed by atoms with E-state index in [1.165, 1.54) is 22.1 Å². The third-order valence-electron chi connectivity index (χ3n) is 4.98. The normalized spacial score (nSPS) is 12.3. The summed E-state index contributed by atoms with van der Waals surface area (Å²) >= 11 is 1.74. The number of hydrogen-bond donors (Lipinski definition) is 2. The quantitative estimate of drug-likeness (QED) is 0.488. The summed E-state index contributed by atoms with van der Waals surface area (Å²) in [6.45, 7) is 2.78. The summed E-state index contributed by atoms with van der Waals surface area (Å²) in [4.78, 5) is 13.2. The molecule has 0 spiro atoms. The van der Waals surface area contributed by atoms with Gasteiger partial charge in [-0.05, 0) is 35.6 Å². The maximum Gasteiger partial charge on any atom is 0.336 e. The third kappa shape index (κ3) is 3.86. The molecule has 2 aromatic heterocycles. The highest BCUT2D eigenvalue weighted by Crippen LogP contribution is 2.25. The zero-order chi connectivity index (χ0) is 19.5. The van der Waals surface area contributed by atoms with Crippen LogP contribution in [0, 0.1) is 0 Å². The first-order chi connectivity index (χ1) is 13.6. The number of phenols is 1. The maximum atomic E-state index is 12.0. The van der Waals surface area contributed by atoms with Crippen molar-refractivity contribution in [2.75, 3.05) is 0 Å². The number of fused-ring (bicyclic) bond motifs is 1. The van der Waals surface area contributed by atoms with E-state index < -0.39 is 5.63 Å². The van der Waals surface area contributed by atoms with E-state index in [4.69, 9.17) is 4.42 Å². The van der Waals surface area contributed by atoms with Gasteiger partial charge in [-0.2, -0.15) is 0 Å². The number of quaternary nitrogens is 1. The molecule has 0 bridgehead atoms. The summed E-state index contributed by atoms with van der Waals surface area (Å²) in [5.74, 6) is 0.0873. The molecule has 4 nitrogen and oxygen atoms in total. The summed E-state index contributed by atoms with van der Waals surface area (Å²) in [6, 6.07) is 19.6. The number of nitrogens with two attached hydrogens (primary N) is 1. The Balaban J connectivity index is 1.67. The Bertz CT molecular complexity index is 1130. The van der Waals surface area contributed by atoms with Gasteiger partial charge >= 0.3 is 5.63 Å². The molecule has 4 aromatic rings. The minimum Gasteiger partial charge on any atom is -0.508 e. The summed E-state index contributed by atoms with van der Waals surface area (Å²) < 4.78 is 5.24. The molecule has 0 aliphatic heterocycles. The smallest absolute Gasteiger partial charge is 0.336 e. The van der Waals surface area contributed by atoms with Crippen molar-refractivity contribution in [1.29, 1.82) is 0 Å². The van der Waals surface area contributed by atoms with E-state index in [0.717, 1.165) is 17.4 Å². The van der Waals surface area contributed by atoms with Crippen LogP contribution in [0.15, 0.2) is 75.3 Å². The van der Waals surface area contributed by atoms with Crippen LogP contribution in [0.4, 0.5) is 0 Å². The molecule has 0 saturated heterocycles. The highest BCUT2D eigenvalue weighted by molar-refractivity contribution is 7.10. The first-order valence-electron chi connectivity index (χ1n) is 9.35. The van der Waals surface area contributed by atoms with Crippen molar-refractivity contribution >= 4 is 22.3 Å². The van der Waals surface area contributed by atoms with Crippen molar-refractivity contribution in [1.82, 2.24) is 0 Å². The molecule has 0 aliphatic rings. The fourth-order valence-corrected chi connectivity index (χ4v) is 4.33. The molecule has 0 aliphatic carbocycles. The zero-order valence-corrected chi connectivity index (χ0v) is 16.4. The van der Waals surface area contributed by atoms with E-state index >= 15 is 0 Å². The Hall–Kier alpha value is -2.89. The average molecular weight is 393 g/mol. The van der Waals surface area contributed by atoms with E-state index in [2.05, 4.69) is 54.0 Å². The van der Waals surface area contributed by atoms with Crippen LogP contribution in [0.1, 0.15) is 34.5 Å². The van der Waals surface area contributed by atoms with E-state index in [-0.39, 0.29) is 11.8 Å². The van der Waals surface area contributed by atoms with Gasteiger partial charge in [-0.3, -0.25) is 0 Å². The largest absolute Gasteiger partial charge is 0.508 e. The van der Waals surface area contributed by atoms with Crippen LogP contribution in [0.2, 0.25) is 0 Å². The van der Waals surface area contributed by atoms with Crippen molar-refractivity contribution < 1.29 is 14.8 Å². The highest BCUT2D eigenvalue weighted by atomic mass is 32.1. The van der Waals surface area contributed by atoms with Crippen molar-refractivity contribution in [2.45, 2.75) is 25.9 Å². The monoisotopic (exact) mass is 392 g/mol. The molecular formula is C23H22NO3S+. The fourth-order valence-electron chi connectivity index (χ4n) is 3.48. The van der Waals surface area contributed by atoms with Crippen LogP contribution < -0.4 is 10.9 Å². The minimum absolute atomic E-state index is 0.0873. The van der Waals surface area contributed by atoms with Crippen molar-refractivity contribution in [3.05, 3.63) is 98.0 Å². The van der Waals surface area contributed by atoms with Gasteiger partial charge in [0, 0.05) is 28.6 Å². The molecule has 3 N–H and O–H groups in total. The van der Waals surface area contributed by atoms with Crippen LogP contribution in [0.3, 0.4) is 0 Å². The van der Waals surface area contributed by atoms with Gasteiger partial charge in [0.25, 0.3) is 0 Å². The molecule has 5 heteroatoms. The van der Waals surface area contributed by atoms with E-state index in [1.54, 1.807) is 29.5 Å². The standard InChI is InChI=1S/C23H21NO3S/c1-2-15-5-7-16(8-6-15)23(21-4-3-11-28-21)24-14-17-12-22(26)27-20-13-18(25)9-10-19(17)20/h3-13,23-25H,2,14H2,1H3/p+1/t23-/m0/s1. The molecule has 0 saturated carbocycles. The second kappa shape index (κ2) is 8.00. The van der Waals surface area contributed by atoms with Gasteiger partial charge in [0.1, 0.15) is 23.9 Å². The molecule has 4 rings (SSSR count). The first-order valence-corrected chi connectivity index (χ1v) is 10.2. The number of aryl methyl sites for hydroxylation is 1. The van der Waals surface area contributed by atoms with Crippen LogP contribution >= 0.6 is 11.3 Å². The number of aromatic hydroxyl groups is 1. The SMILES string of the molecule is CCc1ccc([C@H]([NH2+]Cc2cc(=O)oc3cc(O)ccc23)c2cccs2)cc1. The number of benzene rings is 2. The lowest BCUT2D eigenvalue weighted by Gasteiger charge is -2.16.